The Kier molecular flexibility index (Phi) is 16.2. The van der Waals surface area contributed by atoms with Gasteiger partial charge in [-0.15, -0.1) is 11.8 Å². The van der Waals surface area contributed by atoms with E-state index in [1.165, 1.54) is 44.9 Å². The second kappa shape index (κ2) is 16.1. The highest BCUT2D eigenvalue weighted by atomic mass is 79.9. The van der Waals surface area contributed by atoms with E-state index in [-0.39, 0.29) is 0 Å². The molecule has 0 aromatic heterocycles. The van der Waals surface area contributed by atoms with Crippen LogP contribution in [0.25, 0.3) is 0 Å². The SMILES string of the molecule is BrCC#CCCCCCCCCCC#CCBr. The van der Waals surface area contributed by atoms with Gasteiger partial charge in [-0.25, -0.2) is 0 Å². The highest BCUT2D eigenvalue weighted by molar-refractivity contribution is 9.09. The van der Waals surface area contributed by atoms with Gasteiger partial charge in [0.2, 0.25) is 0 Å². The highest BCUT2D eigenvalue weighted by Gasteiger charge is 1.90. The lowest BCUT2D eigenvalue weighted by Crippen LogP contribution is -1.80. The molecule has 0 amide bonds. The second-order valence-corrected chi connectivity index (χ2v) is 5.07. The summed E-state index contributed by atoms with van der Waals surface area (Å²) in [7, 11) is 0. The zero-order chi connectivity index (χ0) is 12.6. The first kappa shape index (κ1) is 17.1. The summed E-state index contributed by atoms with van der Waals surface area (Å²) in [6.07, 6.45) is 11.4. The van der Waals surface area contributed by atoms with Crippen LogP contribution in [0.1, 0.15) is 57.8 Å². The van der Waals surface area contributed by atoms with E-state index < -0.39 is 0 Å². The normalized spacial score (nSPS) is 9.06. The molecule has 0 N–H and O–H groups in total. The fourth-order valence-corrected chi connectivity index (χ4v) is 1.98. The summed E-state index contributed by atoms with van der Waals surface area (Å²) >= 11 is 6.59. The Hall–Kier alpha value is 0.0800. The number of hydrogen-bond acceptors (Lipinski definition) is 0. The summed E-state index contributed by atoms with van der Waals surface area (Å²) in [5.41, 5.74) is 0. The van der Waals surface area contributed by atoms with Crippen molar-refractivity contribution in [3.05, 3.63) is 0 Å². The van der Waals surface area contributed by atoms with Crippen LogP contribution >= 0.6 is 31.9 Å². The monoisotopic (exact) mass is 360 g/mol. The fourth-order valence-electron chi connectivity index (χ4n) is 1.58. The van der Waals surface area contributed by atoms with Crippen LogP contribution in [0.5, 0.6) is 0 Å². The van der Waals surface area contributed by atoms with Gasteiger partial charge in [-0.05, 0) is 12.8 Å². The van der Waals surface area contributed by atoms with E-state index in [9.17, 15) is 0 Å². The van der Waals surface area contributed by atoms with E-state index in [0.29, 0.717) is 0 Å². The number of alkyl halides is 2. The summed E-state index contributed by atoms with van der Waals surface area (Å²) in [4.78, 5) is 0. The first-order valence-corrected chi connectivity index (χ1v) is 8.69. The van der Waals surface area contributed by atoms with Crippen molar-refractivity contribution in [1.82, 2.24) is 0 Å². The standard InChI is InChI=1S/C15H22Br2/c16-14-12-10-8-6-4-2-1-3-5-7-9-11-13-15-17/h1-9,14-15H2. The largest absolute Gasteiger partial charge is 0.102 e. The predicted octanol–water partition coefficient (Wildman–Crippen LogP) is 5.29. The summed E-state index contributed by atoms with van der Waals surface area (Å²) in [5.74, 6) is 12.4. The zero-order valence-corrected chi connectivity index (χ0v) is 13.7. The Morgan fingerprint density at radius 1 is 0.471 bits per heavy atom. The molecule has 0 heterocycles. The van der Waals surface area contributed by atoms with E-state index in [1.54, 1.807) is 0 Å². The van der Waals surface area contributed by atoms with Crippen LogP contribution in [0.4, 0.5) is 0 Å². The number of unbranched alkanes of at least 4 members (excludes halogenated alkanes) is 8. The van der Waals surface area contributed by atoms with Crippen molar-refractivity contribution in [2.45, 2.75) is 57.8 Å². The Labute approximate surface area is 124 Å². The van der Waals surface area contributed by atoms with Crippen molar-refractivity contribution < 1.29 is 0 Å². The minimum absolute atomic E-state index is 0.810. The van der Waals surface area contributed by atoms with Crippen molar-refractivity contribution in [3.63, 3.8) is 0 Å². The van der Waals surface area contributed by atoms with Crippen LogP contribution in [0.2, 0.25) is 0 Å². The molecular formula is C15H22Br2. The smallest absolute Gasteiger partial charge is 0.0645 e. The van der Waals surface area contributed by atoms with Gasteiger partial charge in [0.15, 0.2) is 0 Å². The number of hydrogen-bond donors (Lipinski definition) is 0. The third-order valence-electron chi connectivity index (χ3n) is 2.49. The molecule has 0 atom stereocenters. The number of halogens is 2. The first-order chi connectivity index (χ1) is 8.41. The molecule has 0 aliphatic carbocycles. The van der Waals surface area contributed by atoms with Crippen molar-refractivity contribution in [2.75, 3.05) is 10.7 Å². The minimum Gasteiger partial charge on any atom is -0.102 e. The van der Waals surface area contributed by atoms with Crippen molar-refractivity contribution in [1.29, 1.82) is 0 Å². The average Bonchev–Trinajstić information content (AvgIpc) is 2.35. The lowest BCUT2D eigenvalue weighted by Gasteiger charge is -1.99. The van der Waals surface area contributed by atoms with Gasteiger partial charge in [-0.1, -0.05) is 75.8 Å². The Morgan fingerprint density at radius 3 is 1.18 bits per heavy atom. The maximum atomic E-state index is 3.30. The fraction of sp³-hybridized carbons (Fsp3) is 0.733. The van der Waals surface area contributed by atoms with Crippen LogP contribution in [0, 0.1) is 23.7 Å². The molecule has 0 unspecified atom stereocenters. The molecule has 0 fully saturated rings. The van der Waals surface area contributed by atoms with Crippen LogP contribution < -0.4 is 0 Å². The summed E-state index contributed by atoms with van der Waals surface area (Å²) in [6.45, 7) is 0. The third kappa shape index (κ3) is 16.1. The lowest BCUT2D eigenvalue weighted by atomic mass is 10.1. The van der Waals surface area contributed by atoms with Gasteiger partial charge in [-0.3, -0.25) is 0 Å². The molecule has 17 heavy (non-hydrogen) atoms. The van der Waals surface area contributed by atoms with Gasteiger partial charge < -0.3 is 0 Å². The molecule has 0 bridgehead atoms. The minimum atomic E-state index is 0.810. The quantitative estimate of drug-likeness (QED) is 0.313. The van der Waals surface area contributed by atoms with Crippen LogP contribution in [0.15, 0.2) is 0 Å². The first-order valence-electron chi connectivity index (χ1n) is 6.45. The summed E-state index contributed by atoms with van der Waals surface area (Å²) in [5, 5.41) is 1.62. The molecule has 96 valence electrons. The van der Waals surface area contributed by atoms with Crippen LogP contribution in [0.3, 0.4) is 0 Å². The van der Waals surface area contributed by atoms with Crippen LogP contribution in [-0.4, -0.2) is 10.7 Å². The molecular weight excluding hydrogens is 340 g/mol. The summed E-state index contributed by atoms with van der Waals surface area (Å²) in [6, 6.07) is 0. The predicted molar refractivity (Wildman–Crippen MR) is 84.7 cm³/mol. The maximum Gasteiger partial charge on any atom is 0.0645 e. The molecule has 0 rings (SSSR count). The third-order valence-corrected chi connectivity index (χ3v) is 3.05. The molecule has 0 spiro atoms. The van der Waals surface area contributed by atoms with E-state index >= 15 is 0 Å². The van der Waals surface area contributed by atoms with E-state index in [1.807, 2.05) is 0 Å². The van der Waals surface area contributed by atoms with Gasteiger partial charge in [-0.2, -0.15) is 0 Å². The van der Waals surface area contributed by atoms with Crippen molar-refractivity contribution >= 4 is 31.9 Å². The van der Waals surface area contributed by atoms with Gasteiger partial charge in [0, 0.05) is 12.8 Å². The Balaban J connectivity index is 3.03. The Bertz CT molecular complexity index is 234. The molecule has 2 heteroatoms. The molecule has 0 radical (unpaired) electrons. The molecule has 0 aromatic rings. The highest BCUT2D eigenvalue weighted by Crippen LogP contribution is 2.09. The van der Waals surface area contributed by atoms with E-state index in [0.717, 1.165) is 23.5 Å². The molecule has 0 aliphatic rings. The summed E-state index contributed by atoms with van der Waals surface area (Å²) < 4.78 is 0. The molecule has 0 nitrogen and oxygen atoms in total. The Morgan fingerprint density at radius 2 is 0.824 bits per heavy atom. The molecule has 0 aliphatic heterocycles. The average molecular weight is 362 g/mol. The second-order valence-electron chi connectivity index (χ2n) is 3.95. The molecule has 0 saturated heterocycles. The van der Waals surface area contributed by atoms with Gasteiger partial charge in [0.1, 0.15) is 0 Å². The van der Waals surface area contributed by atoms with E-state index in [2.05, 4.69) is 55.5 Å². The van der Waals surface area contributed by atoms with E-state index in [4.69, 9.17) is 0 Å². The van der Waals surface area contributed by atoms with Gasteiger partial charge in [0.05, 0.1) is 10.7 Å². The van der Waals surface area contributed by atoms with Crippen LogP contribution in [-0.2, 0) is 0 Å². The van der Waals surface area contributed by atoms with Crippen molar-refractivity contribution in [2.24, 2.45) is 0 Å². The maximum absolute atomic E-state index is 3.30. The van der Waals surface area contributed by atoms with Gasteiger partial charge >= 0.3 is 0 Å². The van der Waals surface area contributed by atoms with Crippen molar-refractivity contribution in [3.8, 4) is 23.7 Å². The topological polar surface area (TPSA) is 0 Å². The lowest BCUT2D eigenvalue weighted by molar-refractivity contribution is 0.587. The van der Waals surface area contributed by atoms with Gasteiger partial charge in [0.25, 0.3) is 0 Å². The molecule has 0 aromatic carbocycles. The zero-order valence-electron chi connectivity index (χ0n) is 10.5. The number of rotatable bonds is 8. The molecule has 0 saturated carbocycles.